The molecule has 0 bridgehead atoms. The van der Waals surface area contributed by atoms with Gasteiger partial charge in [-0.3, -0.25) is 0 Å². The first-order valence-electron chi connectivity index (χ1n) is 19.3. The van der Waals surface area contributed by atoms with Gasteiger partial charge in [-0.05, 0) is 93.5 Å². The monoisotopic (exact) mass is 685 g/mol. The second kappa shape index (κ2) is 13.4. The largest absolute Gasteiger partial charge is 0.333 e. The molecule has 0 fully saturated rings. The maximum absolute atomic E-state index is 2.62. The summed E-state index contributed by atoms with van der Waals surface area (Å²) in [6.45, 7) is 9.41. The molecule has 260 valence electrons. The number of allylic oxidation sites excluding steroid dienone is 8. The fourth-order valence-electron chi connectivity index (χ4n) is 9.29. The van der Waals surface area contributed by atoms with E-state index in [1.54, 1.807) is 11.1 Å². The molecule has 3 aliphatic rings. The van der Waals surface area contributed by atoms with E-state index in [2.05, 4.69) is 202 Å². The van der Waals surface area contributed by atoms with Crippen LogP contribution in [0.15, 0.2) is 192 Å². The summed E-state index contributed by atoms with van der Waals surface area (Å²) in [5.74, 6) is 1.06. The van der Waals surface area contributed by atoms with Crippen molar-refractivity contribution in [3.8, 4) is 11.1 Å². The molecule has 3 unspecified atom stereocenters. The van der Waals surface area contributed by atoms with Crippen molar-refractivity contribution in [1.29, 1.82) is 0 Å². The first-order chi connectivity index (χ1) is 25.9. The number of para-hydroxylation sites is 2. The minimum absolute atomic E-state index is 0.0536. The highest BCUT2D eigenvalue weighted by Gasteiger charge is 2.43. The van der Waals surface area contributed by atoms with Gasteiger partial charge in [0.25, 0.3) is 0 Å². The van der Waals surface area contributed by atoms with Crippen molar-refractivity contribution in [1.82, 2.24) is 4.57 Å². The smallest absolute Gasteiger partial charge is 0.0563 e. The van der Waals surface area contributed by atoms with Crippen molar-refractivity contribution in [3.63, 3.8) is 0 Å². The van der Waals surface area contributed by atoms with Crippen LogP contribution in [0.5, 0.6) is 0 Å². The number of aryl methyl sites for hydroxylation is 1. The van der Waals surface area contributed by atoms with E-state index in [9.17, 15) is 0 Å². The minimum atomic E-state index is 0.0536. The van der Waals surface area contributed by atoms with E-state index >= 15 is 0 Å². The van der Waals surface area contributed by atoms with Crippen LogP contribution in [0.25, 0.3) is 43.7 Å². The van der Waals surface area contributed by atoms with Crippen molar-refractivity contribution in [3.05, 3.63) is 203 Å². The molecule has 53 heavy (non-hydrogen) atoms. The Morgan fingerprint density at radius 3 is 2.00 bits per heavy atom. The predicted molar refractivity (Wildman–Crippen MR) is 226 cm³/mol. The number of hydrogen-bond acceptors (Lipinski definition) is 0. The van der Waals surface area contributed by atoms with Gasteiger partial charge in [0.05, 0.1) is 6.04 Å². The maximum Gasteiger partial charge on any atom is 0.0563 e. The third kappa shape index (κ3) is 5.80. The Hall–Kier alpha value is -5.66. The van der Waals surface area contributed by atoms with Crippen LogP contribution in [0, 0.1) is 18.3 Å². The van der Waals surface area contributed by atoms with Gasteiger partial charge in [0.2, 0.25) is 0 Å². The van der Waals surface area contributed by atoms with E-state index in [1.165, 1.54) is 66.0 Å². The number of fused-ring (bicyclic) bond motifs is 6. The number of nitrogens with zero attached hydrogens (tertiary/aromatic N) is 1. The molecule has 0 N–H and O–H groups in total. The third-order valence-corrected chi connectivity index (χ3v) is 12.3. The molecule has 0 saturated heterocycles. The molecule has 1 heterocycles. The van der Waals surface area contributed by atoms with Gasteiger partial charge in [-0.2, -0.15) is 0 Å². The highest BCUT2D eigenvalue weighted by Crippen LogP contribution is 2.57. The zero-order valence-electron chi connectivity index (χ0n) is 31.3. The lowest BCUT2D eigenvalue weighted by atomic mass is 9.73. The van der Waals surface area contributed by atoms with Crippen LogP contribution in [0.2, 0.25) is 0 Å². The first kappa shape index (κ1) is 33.2. The summed E-state index contributed by atoms with van der Waals surface area (Å²) in [6.07, 6.45) is 12.2. The Labute approximate surface area is 314 Å². The maximum atomic E-state index is 2.62. The molecule has 6 aromatic carbocycles. The summed E-state index contributed by atoms with van der Waals surface area (Å²) < 4.78 is 2.58. The average Bonchev–Trinajstić information content (AvgIpc) is 3.66. The lowest BCUT2D eigenvalue weighted by Gasteiger charge is -2.32. The molecular weight excluding hydrogens is 639 g/mol. The molecule has 1 nitrogen and oxygen atoms in total. The van der Waals surface area contributed by atoms with Crippen LogP contribution < -0.4 is 0 Å². The zero-order chi connectivity index (χ0) is 36.1. The quantitative estimate of drug-likeness (QED) is 0.174. The highest BCUT2D eigenvalue weighted by molar-refractivity contribution is 6.08. The van der Waals surface area contributed by atoms with Gasteiger partial charge < -0.3 is 4.57 Å². The normalized spacial score (nSPS) is 19.3. The summed E-state index contributed by atoms with van der Waals surface area (Å²) in [5.41, 5.74) is 14.2. The van der Waals surface area contributed by atoms with Crippen molar-refractivity contribution in [2.24, 2.45) is 11.3 Å². The fourth-order valence-corrected chi connectivity index (χ4v) is 9.29. The number of rotatable bonds is 4. The second-order valence-corrected chi connectivity index (χ2v) is 15.7. The Morgan fingerprint density at radius 2 is 1.28 bits per heavy atom. The Balaban J connectivity index is 0.000000183. The standard InChI is InChI=1S/C35H33N.C17H14/c1-23(24-11-5-4-6-12-24)25-17-19-27-28-20-18-26(22-32(28)35(2,3)31(27)21-25)36-33-15-9-7-13-29(33)30-14-8-10-16-34(30)36;1-13-9-11-15(12-10-13)17-8-4-6-14-5-2-3-7-16(14)17/h4-16,18-21,23,25-26H,17,22H2,1-3H3;2-12H,1H3. The number of hydrogen-bond donors (Lipinski definition) is 0. The highest BCUT2D eigenvalue weighted by atomic mass is 15.0. The summed E-state index contributed by atoms with van der Waals surface area (Å²) in [6, 6.07) is 52.8. The molecule has 3 atom stereocenters. The van der Waals surface area contributed by atoms with Gasteiger partial charge >= 0.3 is 0 Å². The van der Waals surface area contributed by atoms with Crippen molar-refractivity contribution >= 4 is 32.6 Å². The van der Waals surface area contributed by atoms with Crippen LogP contribution in [0.4, 0.5) is 0 Å². The molecule has 0 radical (unpaired) electrons. The van der Waals surface area contributed by atoms with E-state index in [0.29, 0.717) is 17.9 Å². The SMILES string of the molecule is CC(c1ccccc1)C1C=C2C(=CC1)C1=C(CC(n3c4ccccc4c4ccccc43)C=C1)C2(C)C.Cc1ccc(-c2cccc3ccccc23)cc1. The Bertz CT molecular complexity index is 2550. The summed E-state index contributed by atoms with van der Waals surface area (Å²) in [5, 5.41) is 5.32. The predicted octanol–water partition coefficient (Wildman–Crippen LogP) is 14.1. The molecule has 0 amide bonds. The molecule has 1 aromatic heterocycles. The van der Waals surface area contributed by atoms with Crippen LogP contribution in [0.1, 0.15) is 56.7 Å². The third-order valence-electron chi connectivity index (χ3n) is 12.3. The van der Waals surface area contributed by atoms with Gasteiger partial charge in [-0.15, -0.1) is 0 Å². The summed E-state index contributed by atoms with van der Waals surface area (Å²) in [7, 11) is 0. The number of aromatic nitrogens is 1. The summed E-state index contributed by atoms with van der Waals surface area (Å²) in [4.78, 5) is 0. The molecule has 7 aromatic rings. The van der Waals surface area contributed by atoms with Crippen LogP contribution in [-0.4, -0.2) is 4.57 Å². The van der Waals surface area contributed by atoms with Crippen molar-refractivity contribution in [2.45, 2.75) is 52.5 Å². The fraction of sp³-hybridized carbons (Fsp3) is 0.192. The van der Waals surface area contributed by atoms with Crippen molar-refractivity contribution < 1.29 is 0 Å². The Kier molecular flexibility index (Phi) is 8.39. The second-order valence-electron chi connectivity index (χ2n) is 15.7. The van der Waals surface area contributed by atoms with E-state index < -0.39 is 0 Å². The van der Waals surface area contributed by atoms with Gasteiger partial charge in [0, 0.05) is 27.2 Å². The molecule has 0 aliphatic heterocycles. The molecule has 10 rings (SSSR count). The molecular formula is C52H47N. The summed E-state index contributed by atoms with van der Waals surface area (Å²) >= 11 is 0. The van der Waals surface area contributed by atoms with E-state index in [1.807, 2.05) is 0 Å². The van der Waals surface area contributed by atoms with Gasteiger partial charge in [0.15, 0.2) is 0 Å². The van der Waals surface area contributed by atoms with E-state index in [-0.39, 0.29) is 5.41 Å². The first-order valence-corrected chi connectivity index (χ1v) is 19.3. The van der Waals surface area contributed by atoms with E-state index in [0.717, 1.165) is 12.8 Å². The average molecular weight is 686 g/mol. The molecule has 0 saturated carbocycles. The lowest BCUT2D eigenvalue weighted by Crippen LogP contribution is -2.20. The van der Waals surface area contributed by atoms with Crippen molar-refractivity contribution in [2.75, 3.05) is 0 Å². The van der Waals surface area contributed by atoms with Crippen LogP contribution in [-0.2, 0) is 0 Å². The zero-order valence-corrected chi connectivity index (χ0v) is 31.3. The topological polar surface area (TPSA) is 4.93 Å². The van der Waals surface area contributed by atoms with Gasteiger partial charge in [0.1, 0.15) is 0 Å². The molecule has 0 spiro atoms. The van der Waals surface area contributed by atoms with E-state index in [4.69, 9.17) is 0 Å². The molecule has 1 heteroatoms. The Morgan fingerprint density at radius 1 is 0.660 bits per heavy atom. The molecule has 3 aliphatic carbocycles. The lowest BCUT2D eigenvalue weighted by molar-refractivity contribution is 0.478. The van der Waals surface area contributed by atoms with Gasteiger partial charge in [-0.25, -0.2) is 0 Å². The van der Waals surface area contributed by atoms with Gasteiger partial charge in [-0.1, -0.05) is 184 Å². The van der Waals surface area contributed by atoms with Crippen LogP contribution in [0.3, 0.4) is 0 Å². The minimum Gasteiger partial charge on any atom is -0.333 e. The van der Waals surface area contributed by atoms with Crippen LogP contribution >= 0.6 is 0 Å². The number of benzene rings is 6.